The zero-order valence-electron chi connectivity index (χ0n) is 18.6. The lowest BCUT2D eigenvalue weighted by Crippen LogP contribution is -2.43. The number of carbonyl (C=O) groups is 1. The number of carbonyl (C=O) groups excluding carboxylic acids is 1. The Morgan fingerprint density at radius 3 is 2.19 bits per heavy atom. The Morgan fingerprint density at radius 2 is 1.56 bits per heavy atom. The highest BCUT2D eigenvalue weighted by Gasteiger charge is 2.35. The number of piperidine rings is 1. The number of hydrogen-bond acceptors (Lipinski definition) is 7. The van der Waals surface area contributed by atoms with E-state index in [1.54, 1.807) is 30.3 Å². The van der Waals surface area contributed by atoms with E-state index in [0.29, 0.717) is 42.3 Å². The Morgan fingerprint density at radius 1 is 0.938 bits per heavy atom. The van der Waals surface area contributed by atoms with Crippen molar-refractivity contribution in [3.8, 4) is 23.0 Å². The van der Waals surface area contributed by atoms with Gasteiger partial charge in [-0.2, -0.15) is 4.31 Å². The summed E-state index contributed by atoms with van der Waals surface area (Å²) in [6, 6.07) is 9.70. The van der Waals surface area contributed by atoms with Gasteiger partial charge in [0.25, 0.3) is 0 Å². The summed E-state index contributed by atoms with van der Waals surface area (Å²) in [7, 11) is 2.02. The number of anilines is 1. The van der Waals surface area contributed by atoms with Gasteiger partial charge in [-0.05, 0) is 37.1 Å². The molecule has 1 amide bonds. The van der Waals surface area contributed by atoms with E-state index < -0.39 is 15.9 Å². The molecule has 2 aromatic carbocycles. The first-order chi connectivity index (χ1) is 15.3. The van der Waals surface area contributed by atoms with E-state index in [9.17, 15) is 13.2 Å². The van der Waals surface area contributed by atoms with Crippen LogP contribution < -0.4 is 24.3 Å². The molecular formula is C22H28N2O7S. The topological polar surface area (TPSA) is 103 Å². The van der Waals surface area contributed by atoms with E-state index in [2.05, 4.69) is 5.32 Å². The average Bonchev–Trinajstić information content (AvgIpc) is 2.83. The standard InChI is InChI=1S/C22H28N2O7S/c1-28-16-7-9-19(30-3)18(12-16)23-22(25)15-6-5-11-24(14-15)32(26,27)21-13-17(29-2)8-10-20(21)31-4/h7-10,12-13,15H,5-6,11,14H2,1-4H3,(H,23,25)/t15-/m1/s1. The quantitative estimate of drug-likeness (QED) is 0.641. The van der Waals surface area contributed by atoms with Crippen LogP contribution in [0.5, 0.6) is 23.0 Å². The summed E-state index contributed by atoms with van der Waals surface area (Å²) in [6.07, 6.45) is 1.12. The normalized spacial score (nSPS) is 16.8. The molecule has 0 aromatic heterocycles. The van der Waals surface area contributed by atoms with Crippen molar-refractivity contribution in [2.24, 2.45) is 5.92 Å². The number of benzene rings is 2. The number of rotatable bonds is 8. The molecule has 1 atom stereocenters. The third kappa shape index (κ3) is 4.91. The maximum absolute atomic E-state index is 13.4. The number of ether oxygens (including phenoxy) is 4. The van der Waals surface area contributed by atoms with E-state index in [4.69, 9.17) is 18.9 Å². The largest absolute Gasteiger partial charge is 0.497 e. The fourth-order valence-electron chi connectivity index (χ4n) is 3.65. The molecule has 32 heavy (non-hydrogen) atoms. The van der Waals surface area contributed by atoms with Crippen molar-refractivity contribution < 1.29 is 32.2 Å². The van der Waals surface area contributed by atoms with Crippen LogP contribution in [0.2, 0.25) is 0 Å². The SMILES string of the molecule is COc1ccc(OC)c(NC(=O)[C@@H]2CCCN(S(=O)(=O)c3cc(OC)ccc3OC)C2)c1. The van der Waals surface area contributed by atoms with E-state index in [1.165, 1.54) is 38.8 Å². The second-order valence-corrected chi connectivity index (χ2v) is 9.18. The molecule has 1 aliphatic heterocycles. The monoisotopic (exact) mass is 464 g/mol. The van der Waals surface area contributed by atoms with Gasteiger partial charge >= 0.3 is 0 Å². The predicted molar refractivity (Wildman–Crippen MR) is 119 cm³/mol. The smallest absolute Gasteiger partial charge is 0.246 e. The number of sulfonamides is 1. The van der Waals surface area contributed by atoms with E-state index >= 15 is 0 Å². The van der Waals surface area contributed by atoms with Crippen molar-refractivity contribution in [1.82, 2.24) is 4.31 Å². The molecule has 0 unspecified atom stereocenters. The first kappa shape index (κ1) is 23.7. The zero-order valence-corrected chi connectivity index (χ0v) is 19.4. The fraction of sp³-hybridized carbons (Fsp3) is 0.409. The van der Waals surface area contributed by atoms with Crippen LogP contribution in [0.3, 0.4) is 0 Å². The average molecular weight is 465 g/mol. The number of methoxy groups -OCH3 is 4. The van der Waals surface area contributed by atoms with Crippen LogP contribution in [0.15, 0.2) is 41.3 Å². The third-order valence-corrected chi connectivity index (χ3v) is 7.29. The van der Waals surface area contributed by atoms with Gasteiger partial charge in [0.05, 0.1) is 40.0 Å². The lowest BCUT2D eigenvalue weighted by atomic mass is 9.98. The summed E-state index contributed by atoms with van der Waals surface area (Å²) < 4.78 is 49.0. The van der Waals surface area contributed by atoms with Gasteiger partial charge in [-0.1, -0.05) is 0 Å². The van der Waals surface area contributed by atoms with E-state index in [1.807, 2.05) is 0 Å². The number of nitrogens with zero attached hydrogens (tertiary/aromatic N) is 1. The van der Waals surface area contributed by atoms with Gasteiger partial charge in [-0.3, -0.25) is 4.79 Å². The summed E-state index contributed by atoms with van der Waals surface area (Å²) in [5.41, 5.74) is 0.464. The van der Waals surface area contributed by atoms with Gasteiger partial charge in [-0.25, -0.2) is 8.42 Å². The van der Waals surface area contributed by atoms with Crippen LogP contribution in [-0.4, -0.2) is 60.2 Å². The molecular weight excluding hydrogens is 436 g/mol. The van der Waals surface area contributed by atoms with Gasteiger partial charge in [-0.15, -0.1) is 0 Å². The number of amides is 1. The summed E-state index contributed by atoms with van der Waals surface area (Å²) in [4.78, 5) is 13.0. The Balaban J connectivity index is 1.82. The summed E-state index contributed by atoms with van der Waals surface area (Å²) in [5.74, 6) is 0.874. The molecule has 0 spiro atoms. The van der Waals surface area contributed by atoms with Crippen LogP contribution in [0.25, 0.3) is 0 Å². The Hall–Kier alpha value is -2.98. The van der Waals surface area contributed by atoms with Crippen LogP contribution in [0.1, 0.15) is 12.8 Å². The van der Waals surface area contributed by atoms with Crippen molar-refractivity contribution >= 4 is 21.6 Å². The van der Waals surface area contributed by atoms with Gasteiger partial charge in [0.1, 0.15) is 27.9 Å². The first-order valence-electron chi connectivity index (χ1n) is 10.1. The predicted octanol–water partition coefficient (Wildman–Crippen LogP) is 2.76. The minimum absolute atomic E-state index is 0.00914. The molecule has 174 valence electrons. The third-order valence-electron chi connectivity index (χ3n) is 5.41. The molecule has 1 heterocycles. The van der Waals surface area contributed by atoms with Gasteiger partial charge in [0.2, 0.25) is 15.9 Å². The first-order valence-corrected chi connectivity index (χ1v) is 11.5. The Labute approximate surface area is 188 Å². The van der Waals surface area contributed by atoms with E-state index in [0.717, 1.165) is 0 Å². The minimum atomic E-state index is -3.90. The van der Waals surface area contributed by atoms with Gasteiger partial charge in [0.15, 0.2) is 0 Å². The molecule has 1 fully saturated rings. The summed E-state index contributed by atoms with van der Waals surface area (Å²) in [6.45, 7) is 0.371. The highest BCUT2D eigenvalue weighted by Crippen LogP contribution is 2.34. The van der Waals surface area contributed by atoms with E-state index in [-0.39, 0.29) is 23.1 Å². The fourth-order valence-corrected chi connectivity index (χ4v) is 5.34. The van der Waals surface area contributed by atoms with Crippen molar-refractivity contribution in [3.05, 3.63) is 36.4 Å². The van der Waals surface area contributed by atoms with Crippen LogP contribution >= 0.6 is 0 Å². The molecule has 0 radical (unpaired) electrons. The van der Waals surface area contributed by atoms with Crippen molar-refractivity contribution in [2.75, 3.05) is 46.8 Å². The molecule has 1 aliphatic rings. The van der Waals surface area contributed by atoms with Crippen LogP contribution in [0, 0.1) is 5.92 Å². The molecule has 1 saturated heterocycles. The number of hydrogen-bond donors (Lipinski definition) is 1. The molecule has 2 aromatic rings. The maximum atomic E-state index is 13.4. The van der Waals surface area contributed by atoms with Gasteiger partial charge < -0.3 is 24.3 Å². The second-order valence-electron chi connectivity index (χ2n) is 7.27. The highest BCUT2D eigenvalue weighted by atomic mass is 32.2. The molecule has 10 heteroatoms. The van der Waals surface area contributed by atoms with Crippen molar-refractivity contribution in [3.63, 3.8) is 0 Å². The maximum Gasteiger partial charge on any atom is 0.246 e. The molecule has 0 aliphatic carbocycles. The van der Waals surface area contributed by atoms with Crippen LogP contribution in [0.4, 0.5) is 5.69 Å². The lowest BCUT2D eigenvalue weighted by molar-refractivity contribution is -0.120. The Kier molecular flexibility index (Phi) is 7.47. The van der Waals surface area contributed by atoms with Gasteiger partial charge in [0, 0.05) is 25.2 Å². The summed E-state index contributed by atoms with van der Waals surface area (Å²) >= 11 is 0. The van der Waals surface area contributed by atoms with Crippen molar-refractivity contribution in [1.29, 1.82) is 0 Å². The zero-order chi connectivity index (χ0) is 23.3. The van der Waals surface area contributed by atoms with Crippen molar-refractivity contribution in [2.45, 2.75) is 17.7 Å². The lowest BCUT2D eigenvalue weighted by Gasteiger charge is -2.31. The molecule has 0 saturated carbocycles. The molecule has 0 bridgehead atoms. The molecule has 1 N–H and O–H groups in total. The minimum Gasteiger partial charge on any atom is -0.497 e. The second kappa shape index (κ2) is 10.1. The molecule has 3 rings (SSSR count). The Bertz CT molecular complexity index is 1070. The summed E-state index contributed by atoms with van der Waals surface area (Å²) in [5, 5.41) is 2.85. The van der Waals surface area contributed by atoms with Crippen LogP contribution in [-0.2, 0) is 14.8 Å². The molecule has 9 nitrogen and oxygen atoms in total. The highest BCUT2D eigenvalue weighted by molar-refractivity contribution is 7.89. The number of nitrogens with one attached hydrogen (secondary N) is 1.